The van der Waals surface area contributed by atoms with Crippen molar-refractivity contribution in [3.63, 3.8) is 0 Å². The summed E-state index contributed by atoms with van der Waals surface area (Å²) in [6.07, 6.45) is 0.760. The fourth-order valence-electron chi connectivity index (χ4n) is 3.97. The number of para-hydroxylation sites is 1. The number of ether oxygens (including phenoxy) is 1. The van der Waals surface area contributed by atoms with Crippen molar-refractivity contribution in [3.8, 4) is 5.75 Å². The molecule has 1 aliphatic rings. The predicted octanol–water partition coefficient (Wildman–Crippen LogP) is 3.44. The lowest BCUT2D eigenvalue weighted by Crippen LogP contribution is -2.58. The highest BCUT2D eigenvalue weighted by Crippen LogP contribution is 2.36. The van der Waals surface area contributed by atoms with Crippen LogP contribution in [0.2, 0.25) is 0 Å². The van der Waals surface area contributed by atoms with E-state index in [4.69, 9.17) is 9.15 Å². The number of aliphatic hydroxyl groups is 1. The van der Waals surface area contributed by atoms with E-state index in [1.165, 1.54) is 24.3 Å². The van der Waals surface area contributed by atoms with Crippen LogP contribution >= 0.6 is 0 Å². The number of amides is 1. The molecule has 0 spiro atoms. The number of rotatable bonds is 7. The van der Waals surface area contributed by atoms with Crippen molar-refractivity contribution in [2.45, 2.75) is 43.7 Å². The van der Waals surface area contributed by atoms with E-state index in [-0.39, 0.29) is 40.0 Å². The number of fused-ring (bicyclic) bond motifs is 1. The molecule has 8 nitrogen and oxygen atoms in total. The largest absolute Gasteiger partial charge is 0.492 e. The normalized spacial score (nSPS) is 16.5. The van der Waals surface area contributed by atoms with E-state index >= 15 is 0 Å². The van der Waals surface area contributed by atoms with Gasteiger partial charge in [-0.05, 0) is 45.4 Å². The van der Waals surface area contributed by atoms with E-state index < -0.39 is 27.3 Å². The van der Waals surface area contributed by atoms with Gasteiger partial charge < -0.3 is 19.2 Å². The molecule has 1 saturated heterocycles. The molecule has 1 atom stereocenters. The van der Waals surface area contributed by atoms with E-state index in [1.54, 1.807) is 32.9 Å². The highest BCUT2D eigenvalue weighted by molar-refractivity contribution is 7.90. The van der Waals surface area contributed by atoms with Gasteiger partial charge in [-0.25, -0.2) is 17.5 Å². The molecule has 0 radical (unpaired) electrons. The summed E-state index contributed by atoms with van der Waals surface area (Å²) in [5, 5.41) is 10.4. The summed E-state index contributed by atoms with van der Waals surface area (Å²) in [4.78, 5) is 14.3. The lowest BCUT2D eigenvalue weighted by Gasteiger charge is -2.48. The molecule has 0 aliphatic carbocycles. The van der Waals surface area contributed by atoms with Gasteiger partial charge in [-0.1, -0.05) is 12.1 Å². The van der Waals surface area contributed by atoms with Gasteiger partial charge in [0.1, 0.15) is 22.0 Å². The second-order valence-electron chi connectivity index (χ2n) is 8.42. The van der Waals surface area contributed by atoms with E-state index in [9.17, 15) is 22.7 Å². The fourth-order valence-corrected chi connectivity index (χ4v) is 5.07. The summed E-state index contributed by atoms with van der Waals surface area (Å²) in [6.45, 7) is 5.99. The molecule has 0 bridgehead atoms. The molecule has 4 rings (SSSR count). The Morgan fingerprint density at radius 1 is 1.30 bits per heavy atom. The number of carbonyl (C=O) groups excluding carboxylic acids is 1. The third-order valence-electron chi connectivity index (χ3n) is 5.63. The van der Waals surface area contributed by atoms with Gasteiger partial charge in [-0.3, -0.25) is 4.79 Å². The van der Waals surface area contributed by atoms with Crippen LogP contribution in [0.3, 0.4) is 0 Å². The first-order valence-corrected chi connectivity index (χ1v) is 12.0. The zero-order valence-corrected chi connectivity index (χ0v) is 19.3. The maximum atomic E-state index is 14.8. The first kappa shape index (κ1) is 23.1. The summed E-state index contributed by atoms with van der Waals surface area (Å²) < 4.78 is 53.1. The molecule has 176 valence electrons. The SMILES string of the molecule is CCOc1ccccc1S(=O)(=O)NC(=O)c1cc2c(F)cc(N3CCC3C(C)(C)O)cc2o1. The molecule has 0 saturated carbocycles. The highest BCUT2D eigenvalue weighted by atomic mass is 32.2. The van der Waals surface area contributed by atoms with Crippen molar-refractivity contribution in [1.29, 1.82) is 0 Å². The van der Waals surface area contributed by atoms with Crippen LogP contribution in [0, 0.1) is 5.82 Å². The van der Waals surface area contributed by atoms with Gasteiger partial charge in [0.05, 0.1) is 23.6 Å². The summed E-state index contributed by atoms with van der Waals surface area (Å²) >= 11 is 0. The molecule has 1 amide bonds. The van der Waals surface area contributed by atoms with Crippen molar-refractivity contribution in [2.75, 3.05) is 18.1 Å². The minimum absolute atomic E-state index is 0.0522. The molecular weight excluding hydrogens is 451 g/mol. The first-order valence-electron chi connectivity index (χ1n) is 10.5. The Kier molecular flexibility index (Phi) is 5.83. The standard InChI is InChI=1S/C23H25FN2O6S/c1-4-31-17-7-5-6-8-20(17)33(29,30)25-22(27)19-13-15-16(24)11-14(12-18(15)32-19)26-10-9-21(26)23(2,3)28/h5-8,11-13,21,28H,4,9-10H2,1-3H3,(H,25,27). The lowest BCUT2D eigenvalue weighted by atomic mass is 9.87. The van der Waals surface area contributed by atoms with Crippen LogP contribution in [-0.2, 0) is 10.0 Å². The average molecular weight is 477 g/mol. The van der Waals surface area contributed by atoms with Crippen LogP contribution in [0.15, 0.2) is 51.8 Å². The number of sulfonamides is 1. The minimum atomic E-state index is -4.26. The monoisotopic (exact) mass is 476 g/mol. The second-order valence-corrected chi connectivity index (χ2v) is 10.1. The quantitative estimate of drug-likeness (QED) is 0.538. The molecule has 3 aromatic rings. The summed E-state index contributed by atoms with van der Waals surface area (Å²) in [6, 6.07) is 9.80. The first-order chi connectivity index (χ1) is 15.5. The van der Waals surface area contributed by atoms with Gasteiger partial charge in [0.25, 0.3) is 10.0 Å². The molecule has 1 aromatic heterocycles. The molecule has 1 aliphatic heterocycles. The van der Waals surface area contributed by atoms with Crippen LogP contribution < -0.4 is 14.4 Å². The van der Waals surface area contributed by atoms with Crippen LogP contribution in [0.5, 0.6) is 5.75 Å². The highest BCUT2D eigenvalue weighted by Gasteiger charge is 2.39. The summed E-state index contributed by atoms with van der Waals surface area (Å²) in [5.41, 5.74) is -0.356. The molecule has 2 heterocycles. The topological polar surface area (TPSA) is 109 Å². The van der Waals surface area contributed by atoms with Crippen LogP contribution in [-0.4, -0.2) is 44.2 Å². The molecule has 1 unspecified atom stereocenters. The van der Waals surface area contributed by atoms with Gasteiger partial charge in [0, 0.05) is 24.4 Å². The van der Waals surface area contributed by atoms with Crippen LogP contribution in [0.4, 0.5) is 10.1 Å². The molecule has 33 heavy (non-hydrogen) atoms. The lowest BCUT2D eigenvalue weighted by molar-refractivity contribution is 0.0293. The van der Waals surface area contributed by atoms with Gasteiger partial charge in [-0.2, -0.15) is 0 Å². The number of nitrogens with zero attached hydrogens (tertiary/aromatic N) is 1. The minimum Gasteiger partial charge on any atom is -0.492 e. The number of anilines is 1. The fraction of sp³-hybridized carbons (Fsp3) is 0.348. The third-order valence-corrected chi connectivity index (χ3v) is 7.00. The van der Waals surface area contributed by atoms with Gasteiger partial charge >= 0.3 is 5.91 Å². The van der Waals surface area contributed by atoms with Crippen molar-refractivity contribution in [1.82, 2.24) is 4.72 Å². The van der Waals surface area contributed by atoms with Crippen molar-refractivity contribution >= 4 is 32.6 Å². The summed E-state index contributed by atoms with van der Waals surface area (Å²) in [7, 11) is -4.26. The van der Waals surface area contributed by atoms with Crippen molar-refractivity contribution < 1.29 is 31.9 Å². The second kappa shape index (κ2) is 8.35. The van der Waals surface area contributed by atoms with E-state index in [2.05, 4.69) is 0 Å². The van der Waals surface area contributed by atoms with Crippen LogP contribution in [0.25, 0.3) is 11.0 Å². The molecule has 10 heteroatoms. The Balaban J connectivity index is 1.62. The van der Waals surface area contributed by atoms with Gasteiger partial charge in [-0.15, -0.1) is 0 Å². The number of benzene rings is 2. The molecule has 1 fully saturated rings. The van der Waals surface area contributed by atoms with E-state index in [0.717, 1.165) is 12.5 Å². The summed E-state index contributed by atoms with van der Waals surface area (Å²) in [5.74, 6) is -1.88. The number of hydrogen-bond donors (Lipinski definition) is 2. The molecule has 2 aromatic carbocycles. The van der Waals surface area contributed by atoms with E-state index in [1.807, 2.05) is 9.62 Å². The molecule has 2 N–H and O–H groups in total. The van der Waals surface area contributed by atoms with Crippen molar-refractivity contribution in [3.05, 3.63) is 54.0 Å². The Hall–Kier alpha value is -3.11. The van der Waals surface area contributed by atoms with Gasteiger partial charge in [0.2, 0.25) is 0 Å². The van der Waals surface area contributed by atoms with Crippen LogP contribution in [0.1, 0.15) is 37.7 Å². The smallest absolute Gasteiger partial charge is 0.300 e. The Labute approximate surface area is 191 Å². The predicted molar refractivity (Wildman–Crippen MR) is 120 cm³/mol. The van der Waals surface area contributed by atoms with Crippen molar-refractivity contribution in [2.24, 2.45) is 0 Å². The number of furan rings is 1. The zero-order chi connectivity index (χ0) is 24.0. The van der Waals surface area contributed by atoms with E-state index in [0.29, 0.717) is 12.2 Å². The number of nitrogens with one attached hydrogen (secondary N) is 1. The van der Waals surface area contributed by atoms with Gasteiger partial charge in [0.15, 0.2) is 5.76 Å². The number of carbonyl (C=O) groups is 1. The Bertz CT molecular complexity index is 1310. The maximum Gasteiger partial charge on any atom is 0.300 e. The number of hydrogen-bond acceptors (Lipinski definition) is 7. The maximum absolute atomic E-state index is 14.8. The zero-order valence-electron chi connectivity index (χ0n) is 18.5. The molecular formula is C23H25FN2O6S. The Morgan fingerprint density at radius 3 is 2.67 bits per heavy atom. The Morgan fingerprint density at radius 2 is 2.03 bits per heavy atom. The third kappa shape index (κ3) is 4.40. The number of halogens is 1. The average Bonchev–Trinajstić information content (AvgIpc) is 3.11.